The lowest BCUT2D eigenvalue weighted by atomic mass is 9.64. The number of imidazole rings is 1. The summed E-state index contributed by atoms with van der Waals surface area (Å²) in [6, 6.07) is 0. The van der Waals surface area contributed by atoms with E-state index in [-0.39, 0.29) is 18.0 Å². The molecule has 1 heterocycles. The maximum Gasteiger partial charge on any atom is 0.331 e. The Morgan fingerprint density at radius 3 is 2.80 bits per heavy atom. The number of allylic oxidation sites excluding steroid dienone is 3. The summed E-state index contributed by atoms with van der Waals surface area (Å²) in [4.78, 5) is 29.2. The third-order valence-corrected chi connectivity index (χ3v) is 6.51. The Kier molecular flexibility index (Phi) is 7.46. The highest BCUT2D eigenvalue weighted by Crippen LogP contribution is 2.44. The molecule has 0 fully saturated rings. The van der Waals surface area contributed by atoms with Gasteiger partial charge in [-0.05, 0) is 49.5 Å². The lowest BCUT2D eigenvalue weighted by Crippen LogP contribution is -2.35. The monoisotopic (exact) mass is 410 g/mol. The van der Waals surface area contributed by atoms with Gasteiger partial charge in [-0.2, -0.15) is 0 Å². The summed E-state index contributed by atoms with van der Waals surface area (Å²) in [5, 5.41) is 0. The lowest BCUT2D eigenvalue weighted by Gasteiger charge is -2.41. The number of nitrogens with zero attached hydrogens (tertiary/aromatic N) is 2. The van der Waals surface area contributed by atoms with Crippen LogP contribution < -0.4 is 0 Å². The number of hydrogen-bond acceptors (Lipinski definition) is 4. The molecular formula is C25H34N2O3. The topological polar surface area (TPSA) is 61.2 Å². The Balaban J connectivity index is 1.76. The lowest BCUT2D eigenvalue weighted by molar-refractivity contribution is -0.144. The maximum atomic E-state index is 12.5. The van der Waals surface area contributed by atoms with Crippen LogP contribution in [0.15, 0.2) is 42.4 Å². The molecule has 5 nitrogen and oxygen atoms in total. The van der Waals surface area contributed by atoms with E-state index in [4.69, 9.17) is 4.74 Å². The first-order valence-electron chi connectivity index (χ1n) is 11.0. The van der Waals surface area contributed by atoms with Crippen molar-refractivity contribution in [3.8, 4) is 0 Å². The quantitative estimate of drug-likeness (QED) is 0.402. The second-order valence-electron chi connectivity index (χ2n) is 9.11. The molecule has 2 aliphatic carbocycles. The van der Waals surface area contributed by atoms with E-state index in [0.29, 0.717) is 42.8 Å². The summed E-state index contributed by atoms with van der Waals surface area (Å²) in [5.41, 5.74) is 2.06. The molecule has 3 rings (SSSR count). The van der Waals surface area contributed by atoms with Crippen LogP contribution in [0, 0.1) is 23.7 Å². The molecule has 0 amide bonds. The number of carbonyl (C=O) groups is 2. The molecular weight excluding hydrogens is 376 g/mol. The van der Waals surface area contributed by atoms with Crippen molar-refractivity contribution < 1.29 is 14.3 Å². The predicted molar refractivity (Wildman–Crippen MR) is 118 cm³/mol. The number of ketones is 1. The Bertz CT molecular complexity index is 846. The van der Waals surface area contributed by atoms with Crippen molar-refractivity contribution in [1.29, 1.82) is 0 Å². The van der Waals surface area contributed by atoms with Crippen molar-refractivity contribution in [2.75, 3.05) is 0 Å². The molecule has 2 aliphatic rings. The van der Waals surface area contributed by atoms with Crippen LogP contribution in [-0.2, 0) is 21.4 Å². The van der Waals surface area contributed by atoms with Gasteiger partial charge in [0.15, 0.2) is 0 Å². The third-order valence-electron chi connectivity index (χ3n) is 6.51. The van der Waals surface area contributed by atoms with Crippen molar-refractivity contribution in [2.24, 2.45) is 30.7 Å². The fourth-order valence-electron chi connectivity index (χ4n) is 4.87. The third kappa shape index (κ3) is 5.80. The predicted octanol–water partition coefficient (Wildman–Crippen LogP) is 4.90. The normalized spacial score (nSPS) is 28.8. The Morgan fingerprint density at radius 2 is 2.10 bits per heavy atom. The summed E-state index contributed by atoms with van der Waals surface area (Å²) in [6.07, 6.45) is 16.2. The Hall–Kier alpha value is -2.43. The van der Waals surface area contributed by atoms with E-state index in [1.54, 1.807) is 12.4 Å². The van der Waals surface area contributed by atoms with Crippen molar-refractivity contribution in [1.82, 2.24) is 9.55 Å². The number of hydrogen-bond donors (Lipinski definition) is 0. The number of rotatable bonds is 4. The summed E-state index contributed by atoms with van der Waals surface area (Å²) in [5.74, 6) is 1.58. The number of ether oxygens (including phenoxy) is 1. The van der Waals surface area contributed by atoms with Crippen molar-refractivity contribution in [3.63, 3.8) is 0 Å². The molecule has 0 unspecified atom stereocenters. The minimum absolute atomic E-state index is 0.197. The van der Waals surface area contributed by atoms with Crippen molar-refractivity contribution >= 4 is 17.8 Å². The van der Waals surface area contributed by atoms with Gasteiger partial charge >= 0.3 is 5.97 Å². The standard InChI is InChI=1S/C25H34N2O3/c1-17(2)22-11-9-18(3)23-14-21(8-6-5-7-20(28)13-24(22)23)30-25(29)12-10-19-15-27(4)16-26-19/h5-6,9-10,12,15-17,21-24H,7-8,11,13-14H2,1-4H3/b6-5-,12-10+/t21-,22-,23+,24-/m1/s1. The first-order chi connectivity index (χ1) is 14.3. The van der Waals surface area contributed by atoms with E-state index in [0.717, 1.165) is 18.5 Å². The van der Waals surface area contributed by atoms with Crippen LogP contribution in [-0.4, -0.2) is 27.4 Å². The Morgan fingerprint density at radius 1 is 1.30 bits per heavy atom. The van der Waals surface area contributed by atoms with Gasteiger partial charge in [0.05, 0.1) is 12.0 Å². The second kappa shape index (κ2) is 10.1. The van der Waals surface area contributed by atoms with E-state index in [2.05, 4.69) is 31.8 Å². The number of Topliss-reactive ketones (excluding diaryl/α,β-unsaturated/α-hetero) is 1. The molecule has 1 aromatic rings. The molecule has 5 heteroatoms. The SMILES string of the molecule is CC1=CC[C@H](C(C)C)[C@H]2CC(=O)C/C=C\C[C@@H](OC(=O)/C=C/c3cn(C)cn3)C[C@@H]12. The highest BCUT2D eigenvalue weighted by atomic mass is 16.5. The minimum atomic E-state index is -0.346. The molecule has 0 spiro atoms. The summed E-state index contributed by atoms with van der Waals surface area (Å²) in [6.45, 7) is 6.67. The summed E-state index contributed by atoms with van der Waals surface area (Å²) >= 11 is 0. The highest BCUT2D eigenvalue weighted by Gasteiger charge is 2.37. The van der Waals surface area contributed by atoms with Crippen LogP contribution in [0.4, 0.5) is 0 Å². The van der Waals surface area contributed by atoms with Gasteiger partial charge in [-0.1, -0.05) is 37.6 Å². The molecule has 0 aliphatic heterocycles. The van der Waals surface area contributed by atoms with Gasteiger partial charge in [0.25, 0.3) is 0 Å². The highest BCUT2D eigenvalue weighted by molar-refractivity contribution is 5.86. The van der Waals surface area contributed by atoms with Crippen LogP contribution in [0.3, 0.4) is 0 Å². The molecule has 30 heavy (non-hydrogen) atoms. The average molecular weight is 411 g/mol. The molecule has 0 aromatic carbocycles. The molecule has 0 N–H and O–H groups in total. The number of esters is 1. The van der Waals surface area contributed by atoms with E-state index in [1.165, 1.54) is 11.6 Å². The number of aromatic nitrogens is 2. The van der Waals surface area contributed by atoms with Gasteiger partial charge in [-0.15, -0.1) is 0 Å². The fraction of sp³-hybridized carbons (Fsp3) is 0.560. The van der Waals surface area contributed by atoms with Gasteiger partial charge in [0, 0.05) is 38.6 Å². The van der Waals surface area contributed by atoms with Gasteiger partial charge < -0.3 is 9.30 Å². The molecule has 0 radical (unpaired) electrons. The largest absolute Gasteiger partial charge is 0.459 e. The summed E-state index contributed by atoms with van der Waals surface area (Å²) in [7, 11) is 1.89. The smallest absolute Gasteiger partial charge is 0.331 e. The fourth-order valence-corrected chi connectivity index (χ4v) is 4.87. The second-order valence-corrected chi connectivity index (χ2v) is 9.11. The van der Waals surface area contributed by atoms with Crippen LogP contribution in [0.5, 0.6) is 0 Å². The molecule has 4 atom stereocenters. The molecule has 0 saturated heterocycles. The van der Waals surface area contributed by atoms with Crippen LogP contribution in [0.1, 0.15) is 58.6 Å². The zero-order chi connectivity index (χ0) is 21.7. The van der Waals surface area contributed by atoms with Gasteiger partial charge in [-0.3, -0.25) is 4.79 Å². The minimum Gasteiger partial charge on any atom is -0.459 e. The molecule has 1 aromatic heterocycles. The van der Waals surface area contributed by atoms with E-state index in [1.807, 2.05) is 30.0 Å². The van der Waals surface area contributed by atoms with Crippen LogP contribution in [0.25, 0.3) is 6.08 Å². The molecule has 162 valence electrons. The Labute approximate surface area is 179 Å². The van der Waals surface area contributed by atoms with E-state index >= 15 is 0 Å². The van der Waals surface area contributed by atoms with Crippen LogP contribution >= 0.6 is 0 Å². The average Bonchev–Trinajstić information content (AvgIpc) is 3.11. The zero-order valence-electron chi connectivity index (χ0n) is 18.6. The summed E-state index contributed by atoms with van der Waals surface area (Å²) < 4.78 is 7.68. The van der Waals surface area contributed by atoms with Gasteiger partial charge in [-0.25, -0.2) is 9.78 Å². The van der Waals surface area contributed by atoms with Gasteiger partial charge in [0.2, 0.25) is 0 Å². The molecule has 0 saturated carbocycles. The van der Waals surface area contributed by atoms with Crippen molar-refractivity contribution in [2.45, 2.75) is 59.0 Å². The van der Waals surface area contributed by atoms with Crippen LogP contribution in [0.2, 0.25) is 0 Å². The van der Waals surface area contributed by atoms with Crippen molar-refractivity contribution in [3.05, 3.63) is 48.1 Å². The number of aryl methyl sites for hydroxylation is 1. The maximum absolute atomic E-state index is 12.5. The first-order valence-corrected chi connectivity index (χ1v) is 11.0. The zero-order valence-corrected chi connectivity index (χ0v) is 18.6. The number of carbonyl (C=O) groups excluding carboxylic acids is 2. The first kappa shape index (κ1) is 22.3. The van der Waals surface area contributed by atoms with Gasteiger partial charge in [0.1, 0.15) is 11.9 Å². The van der Waals surface area contributed by atoms with E-state index in [9.17, 15) is 9.59 Å². The molecule has 0 bridgehead atoms. The van der Waals surface area contributed by atoms with E-state index < -0.39 is 0 Å². The number of fused-ring (bicyclic) bond motifs is 1.